The largest absolute Gasteiger partial charge is 0.449 e. The maximum absolute atomic E-state index is 12.3. The summed E-state index contributed by atoms with van der Waals surface area (Å²) < 4.78 is 5.21. The number of carbonyl (C=O) groups is 2. The Balaban J connectivity index is 1.83. The molecule has 1 aromatic rings. The fraction of sp³-hybridized carbons (Fsp3) is 0.500. The maximum atomic E-state index is 12.3. The van der Waals surface area contributed by atoms with Gasteiger partial charge in [0.1, 0.15) is 0 Å². The first-order valence-corrected chi connectivity index (χ1v) is 7.34. The van der Waals surface area contributed by atoms with Crippen LogP contribution < -0.4 is 0 Å². The molecule has 1 aliphatic rings. The maximum Gasteiger partial charge on any atom is 0.409 e. The van der Waals surface area contributed by atoms with Crippen LogP contribution in [-0.2, 0) is 4.74 Å². The highest BCUT2D eigenvalue weighted by Crippen LogP contribution is 2.10. The number of amides is 2. The standard InChI is InChI=1S/C16H22N2O3/c1-13(2)12-21-16(20)18-10-8-17(9-11-18)15(19)14-6-4-3-5-7-14/h3-7,13H,8-12H2,1-2H3. The van der Waals surface area contributed by atoms with Gasteiger partial charge < -0.3 is 14.5 Å². The third-order valence-corrected chi connectivity index (χ3v) is 3.39. The van der Waals surface area contributed by atoms with Crippen molar-refractivity contribution >= 4 is 12.0 Å². The van der Waals surface area contributed by atoms with Gasteiger partial charge in [0.15, 0.2) is 0 Å². The van der Waals surface area contributed by atoms with Gasteiger partial charge in [0, 0.05) is 31.7 Å². The predicted octanol–water partition coefficient (Wildman–Crippen LogP) is 2.24. The molecule has 5 nitrogen and oxygen atoms in total. The van der Waals surface area contributed by atoms with Gasteiger partial charge >= 0.3 is 6.09 Å². The molecule has 0 atom stereocenters. The van der Waals surface area contributed by atoms with Gasteiger partial charge in [0.05, 0.1) is 6.61 Å². The van der Waals surface area contributed by atoms with Crippen molar-refractivity contribution in [3.63, 3.8) is 0 Å². The van der Waals surface area contributed by atoms with Gasteiger partial charge in [-0.2, -0.15) is 0 Å². The van der Waals surface area contributed by atoms with Crippen LogP contribution in [0.4, 0.5) is 4.79 Å². The van der Waals surface area contributed by atoms with Crippen LogP contribution in [0.1, 0.15) is 24.2 Å². The Labute approximate surface area is 125 Å². The van der Waals surface area contributed by atoms with E-state index in [0.29, 0.717) is 44.3 Å². The minimum Gasteiger partial charge on any atom is -0.449 e. The van der Waals surface area contributed by atoms with Crippen molar-refractivity contribution in [1.29, 1.82) is 0 Å². The van der Waals surface area contributed by atoms with Gasteiger partial charge in [0.25, 0.3) is 5.91 Å². The normalized spacial score (nSPS) is 15.2. The highest BCUT2D eigenvalue weighted by molar-refractivity contribution is 5.94. The summed E-state index contributed by atoms with van der Waals surface area (Å²) in [5.41, 5.74) is 0.688. The summed E-state index contributed by atoms with van der Waals surface area (Å²) in [4.78, 5) is 27.6. The van der Waals surface area contributed by atoms with E-state index in [1.54, 1.807) is 9.80 Å². The van der Waals surface area contributed by atoms with Crippen LogP contribution >= 0.6 is 0 Å². The van der Waals surface area contributed by atoms with E-state index in [1.165, 1.54) is 0 Å². The van der Waals surface area contributed by atoms with Crippen molar-refractivity contribution < 1.29 is 14.3 Å². The number of hydrogen-bond donors (Lipinski definition) is 0. The number of carbonyl (C=O) groups excluding carboxylic acids is 2. The fourth-order valence-corrected chi connectivity index (χ4v) is 2.18. The lowest BCUT2D eigenvalue weighted by Crippen LogP contribution is -2.50. The molecule has 2 rings (SSSR count). The van der Waals surface area contributed by atoms with Gasteiger partial charge in [0.2, 0.25) is 0 Å². The van der Waals surface area contributed by atoms with Crippen molar-refractivity contribution in [2.75, 3.05) is 32.8 Å². The molecule has 1 heterocycles. The number of nitrogens with zero attached hydrogens (tertiary/aromatic N) is 2. The molecule has 0 aliphatic carbocycles. The average Bonchev–Trinajstić information content (AvgIpc) is 2.53. The van der Waals surface area contributed by atoms with Crippen LogP contribution in [0.5, 0.6) is 0 Å². The highest BCUT2D eigenvalue weighted by Gasteiger charge is 2.25. The summed E-state index contributed by atoms with van der Waals surface area (Å²) in [6, 6.07) is 9.22. The van der Waals surface area contributed by atoms with Gasteiger partial charge in [-0.3, -0.25) is 4.79 Å². The van der Waals surface area contributed by atoms with Gasteiger partial charge in [-0.05, 0) is 18.1 Å². The van der Waals surface area contributed by atoms with E-state index >= 15 is 0 Å². The zero-order valence-corrected chi connectivity index (χ0v) is 12.6. The fourth-order valence-electron chi connectivity index (χ4n) is 2.18. The molecule has 2 amide bonds. The molecular weight excluding hydrogens is 268 g/mol. The molecule has 0 N–H and O–H groups in total. The molecule has 1 aliphatic heterocycles. The Morgan fingerprint density at radius 3 is 2.19 bits per heavy atom. The third kappa shape index (κ3) is 4.21. The summed E-state index contributed by atoms with van der Waals surface area (Å²) in [5, 5.41) is 0. The zero-order chi connectivity index (χ0) is 15.2. The minimum atomic E-state index is -0.282. The van der Waals surface area contributed by atoms with Gasteiger partial charge in [-0.15, -0.1) is 0 Å². The predicted molar refractivity (Wildman–Crippen MR) is 80.1 cm³/mol. The number of ether oxygens (including phenoxy) is 1. The lowest BCUT2D eigenvalue weighted by Gasteiger charge is -2.34. The van der Waals surface area contributed by atoms with Gasteiger partial charge in [-0.25, -0.2) is 4.79 Å². The molecule has 0 bridgehead atoms. The first-order chi connectivity index (χ1) is 10.1. The minimum absolute atomic E-state index is 0.0193. The van der Waals surface area contributed by atoms with Crippen molar-refractivity contribution in [3.8, 4) is 0 Å². The topological polar surface area (TPSA) is 49.9 Å². The lowest BCUT2D eigenvalue weighted by atomic mass is 10.2. The van der Waals surface area contributed by atoms with E-state index in [0.717, 1.165) is 0 Å². The van der Waals surface area contributed by atoms with E-state index in [-0.39, 0.29) is 12.0 Å². The highest BCUT2D eigenvalue weighted by atomic mass is 16.6. The average molecular weight is 290 g/mol. The van der Waals surface area contributed by atoms with Crippen LogP contribution in [0.2, 0.25) is 0 Å². The number of benzene rings is 1. The van der Waals surface area contributed by atoms with E-state index in [9.17, 15) is 9.59 Å². The Bertz CT molecular complexity index is 480. The molecule has 1 saturated heterocycles. The van der Waals surface area contributed by atoms with Crippen molar-refractivity contribution in [2.24, 2.45) is 5.92 Å². The summed E-state index contributed by atoms with van der Waals surface area (Å²) >= 11 is 0. The second-order valence-electron chi connectivity index (χ2n) is 5.62. The van der Waals surface area contributed by atoms with Crippen molar-refractivity contribution in [3.05, 3.63) is 35.9 Å². The Morgan fingerprint density at radius 1 is 1.05 bits per heavy atom. The van der Waals surface area contributed by atoms with Crippen LogP contribution in [0.15, 0.2) is 30.3 Å². The van der Waals surface area contributed by atoms with Crippen LogP contribution in [0.25, 0.3) is 0 Å². The smallest absolute Gasteiger partial charge is 0.409 e. The summed E-state index contributed by atoms with van der Waals surface area (Å²) in [7, 11) is 0. The quantitative estimate of drug-likeness (QED) is 0.858. The SMILES string of the molecule is CC(C)COC(=O)N1CCN(C(=O)c2ccccc2)CC1. The monoisotopic (exact) mass is 290 g/mol. The number of hydrogen-bond acceptors (Lipinski definition) is 3. The van der Waals surface area contributed by atoms with E-state index in [1.807, 2.05) is 44.2 Å². The molecular formula is C16H22N2O3. The second kappa shape index (κ2) is 7.11. The van der Waals surface area contributed by atoms with E-state index < -0.39 is 0 Å². The number of rotatable bonds is 3. The van der Waals surface area contributed by atoms with E-state index in [2.05, 4.69) is 0 Å². The van der Waals surface area contributed by atoms with Crippen LogP contribution in [0.3, 0.4) is 0 Å². The number of piperazine rings is 1. The molecule has 21 heavy (non-hydrogen) atoms. The Morgan fingerprint density at radius 2 is 1.62 bits per heavy atom. The van der Waals surface area contributed by atoms with Crippen molar-refractivity contribution in [1.82, 2.24) is 9.80 Å². The second-order valence-corrected chi connectivity index (χ2v) is 5.62. The Kier molecular flexibility index (Phi) is 5.20. The summed E-state index contributed by atoms with van der Waals surface area (Å²) in [5.74, 6) is 0.348. The van der Waals surface area contributed by atoms with Crippen LogP contribution in [0, 0.1) is 5.92 Å². The first kappa shape index (κ1) is 15.4. The third-order valence-electron chi connectivity index (χ3n) is 3.39. The van der Waals surface area contributed by atoms with Crippen molar-refractivity contribution in [2.45, 2.75) is 13.8 Å². The molecule has 114 valence electrons. The van der Waals surface area contributed by atoms with Crippen LogP contribution in [-0.4, -0.2) is 54.6 Å². The Hall–Kier alpha value is -2.04. The molecule has 0 radical (unpaired) electrons. The van der Waals surface area contributed by atoms with Gasteiger partial charge in [-0.1, -0.05) is 32.0 Å². The molecule has 1 aromatic carbocycles. The molecule has 5 heteroatoms. The van der Waals surface area contributed by atoms with E-state index in [4.69, 9.17) is 4.74 Å². The zero-order valence-electron chi connectivity index (χ0n) is 12.6. The summed E-state index contributed by atoms with van der Waals surface area (Å²) in [6.07, 6.45) is -0.282. The summed E-state index contributed by atoms with van der Waals surface area (Å²) in [6.45, 7) is 6.58. The first-order valence-electron chi connectivity index (χ1n) is 7.34. The molecule has 1 fully saturated rings. The molecule has 0 saturated carbocycles. The molecule has 0 aromatic heterocycles. The lowest BCUT2D eigenvalue weighted by molar-refractivity contribution is 0.0535. The molecule has 0 spiro atoms. The molecule has 0 unspecified atom stereocenters.